The molecule has 0 atom stereocenters. The van der Waals surface area contributed by atoms with Crippen molar-refractivity contribution in [1.29, 1.82) is 0 Å². The van der Waals surface area contributed by atoms with E-state index in [1.165, 1.54) is 4.88 Å². The summed E-state index contributed by atoms with van der Waals surface area (Å²) in [4.78, 5) is 9.87. The molecule has 0 radical (unpaired) electrons. The Morgan fingerprint density at radius 3 is 2.86 bits per heavy atom. The minimum Gasteiger partial charge on any atom is -0.333 e. The predicted molar refractivity (Wildman–Crippen MR) is 56.9 cm³/mol. The Balaban J connectivity index is 2.51. The lowest BCUT2D eigenvalue weighted by Gasteiger charge is -1.97. The molecule has 0 aliphatic carbocycles. The highest BCUT2D eigenvalue weighted by molar-refractivity contribution is 7.12. The summed E-state index contributed by atoms with van der Waals surface area (Å²) >= 11 is 1.63. The number of aryl methyl sites for hydroxylation is 2. The summed E-state index contributed by atoms with van der Waals surface area (Å²) in [6.45, 7) is 2.54. The van der Waals surface area contributed by atoms with Gasteiger partial charge in [-0.3, -0.25) is 0 Å². The lowest BCUT2D eigenvalue weighted by atomic mass is 10.3. The van der Waals surface area contributed by atoms with Crippen molar-refractivity contribution in [3.8, 4) is 11.5 Å². The van der Waals surface area contributed by atoms with Crippen molar-refractivity contribution in [2.24, 2.45) is 12.8 Å². The molecule has 2 heterocycles. The highest BCUT2D eigenvalue weighted by Gasteiger charge is 2.12. The predicted octanol–water partition coefficient (Wildman–Crippen LogP) is 1.31. The van der Waals surface area contributed by atoms with E-state index < -0.39 is 0 Å². The van der Waals surface area contributed by atoms with E-state index in [1.54, 1.807) is 17.5 Å². The summed E-state index contributed by atoms with van der Waals surface area (Å²) < 4.78 is 1.96. The molecule has 2 N–H and O–H groups in total. The Bertz CT molecular complexity index is 443. The lowest BCUT2D eigenvalue weighted by molar-refractivity contribution is 0.914. The first-order valence-corrected chi connectivity index (χ1v) is 5.18. The first-order chi connectivity index (χ1) is 6.72. The van der Waals surface area contributed by atoms with E-state index in [-0.39, 0.29) is 0 Å². The number of aromatic nitrogens is 3. The van der Waals surface area contributed by atoms with Gasteiger partial charge >= 0.3 is 0 Å². The molecular formula is C9H12N4S. The maximum atomic E-state index is 5.54. The summed E-state index contributed by atoms with van der Waals surface area (Å²) in [6, 6.07) is 0. The highest BCUT2D eigenvalue weighted by atomic mass is 32.1. The second-order valence-electron chi connectivity index (χ2n) is 3.08. The summed E-state index contributed by atoms with van der Waals surface area (Å²) in [6.07, 6.45) is 3.69. The van der Waals surface area contributed by atoms with Crippen LogP contribution in [0.3, 0.4) is 0 Å². The van der Waals surface area contributed by atoms with Crippen molar-refractivity contribution in [2.45, 2.75) is 13.5 Å². The Morgan fingerprint density at radius 2 is 2.36 bits per heavy atom. The van der Waals surface area contributed by atoms with Gasteiger partial charge in [-0.2, -0.15) is 0 Å². The van der Waals surface area contributed by atoms with E-state index in [9.17, 15) is 0 Å². The molecule has 5 heteroatoms. The van der Waals surface area contributed by atoms with Crippen LogP contribution in [0.4, 0.5) is 0 Å². The maximum Gasteiger partial charge on any atom is 0.159 e. The van der Waals surface area contributed by atoms with Gasteiger partial charge in [0.25, 0.3) is 0 Å². The van der Waals surface area contributed by atoms with E-state index in [1.807, 2.05) is 24.7 Å². The molecule has 0 aliphatic heterocycles. The third-order valence-electron chi connectivity index (χ3n) is 2.05. The van der Waals surface area contributed by atoms with Crippen LogP contribution in [-0.4, -0.2) is 14.5 Å². The van der Waals surface area contributed by atoms with Gasteiger partial charge in [-0.15, -0.1) is 11.3 Å². The molecule has 0 aromatic carbocycles. The Hall–Kier alpha value is -1.20. The number of nitrogens with zero attached hydrogens (tertiary/aromatic N) is 3. The Morgan fingerprint density at radius 1 is 1.57 bits per heavy atom. The molecule has 0 saturated carbocycles. The van der Waals surface area contributed by atoms with Gasteiger partial charge in [0.05, 0.1) is 0 Å². The van der Waals surface area contributed by atoms with Gasteiger partial charge in [-0.05, 0) is 6.92 Å². The number of thiazole rings is 1. The zero-order chi connectivity index (χ0) is 10.1. The zero-order valence-corrected chi connectivity index (χ0v) is 9.01. The van der Waals surface area contributed by atoms with Crippen LogP contribution in [-0.2, 0) is 13.6 Å². The molecule has 2 aromatic rings. The van der Waals surface area contributed by atoms with Crippen molar-refractivity contribution in [2.75, 3.05) is 0 Å². The molecule has 14 heavy (non-hydrogen) atoms. The van der Waals surface area contributed by atoms with Gasteiger partial charge in [0.2, 0.25) is 0 Å². The molecule has 0 amide bonds. The molecule has 0 aliphatic rings. The molecule has 0 bridgehead atoms. The van der Waals surface area contributed by atoms with Crippen molar-refractivity contribution in [3.63, 3.8) is 0 Å². The Kier molecular flexibility index (Phi) is 2.35. The smallest absolute Gasteiger partial charge is 0.159 e. The SMILES string of the molecule is Cc1sc(CN)nc1-c1nccn1C. The molecule has 2 rings (SSSR count). The number of hydrogen-bond donors (Lipinski definition) is 1. The van der Waals surface area contributed by atoms with E-state index in [0.29, 0.717) is 6.54 Å². The molecule has 2 aromatic heterocycles. The van der Waals surface area contributed by atoms with Gasteiger partial charge in [0.1, 0.15) is 10.7 Å². The number of hydrogen-bond acceptors (Lipinski definition) is 4. The van der Waals surface area contributed by atoms with Crippen molar-refractivity contribution < 1.29 is 0 Å². The molecule has 0 spiro atoms. The third-order valence-corrected chi connectivity index (χ3v) is 3.04. The second-order valence-corrected chi connectivity index (χ2v) is 4.37. The second kappa shape index (κ2) is 3.51. The quantitative estimate of drug-likeness (QED) is 0.809. The lowest BCUT2D eigenvalue weighted by Crippen LogP contribution is -1.96. The van der Waals surface area contributed by atoms with Crippen LogP contribution in [0.5, 0.6) is 0 Å². The van der Waals surface area contributed by atoms with E-state index >= 15 is 0 Å². The minimum absolute atomic E-state index is 0.496. The van der Waals surface area contributed by atoms with Crippen LogP contribution < -0.4 is 5.73 Å². The monoisotopic (exact) mass is 208 g/mol. The normalized spacial score (nSPS) is 10.8. The van der Waals surface area contributed by atoms with Crippen LogP contribution >= 0.6 is 11.3 Å². The summed E-state index contributed by atoms with van der Waals surface area (Å²) in [7, 11) is 1.96. The first kappa shape index (κ1) is 9.36. The zero-order valence-electron chi connectivity index (χ0n) is 8.19. The third kappa shape index (κ3) is 1.44. The summed E-state index contributed by atoms with van der Waals surface area (Å²) in [5, 5.41) is 0.959. The number of rotatable bonds is 2. The molecule has 0 saturated heterocycles. The standard InChI is InChI=1S/C9H12N4S/c1-6-8(12-7(5-10)14-6)9-11-3-4-13(9)2/h3-4H,5,10H2,1-2H3. The number of nitrogens with two attached hydrogens (primary N) is 1. The van der Waals surface area contributed by atoms with Gasteiger partial charge in [0.15, 0.2) is 5.82 Å². The maximum absolute atomic E-state index is 5.54. The van der Waals surface area contributed by atoms with Crippen LogP contribution in [0.25, 0.3) is 11.5 Å². The molecule has 0 fully saturated rings. The number of imidazole rings is 1. The van der Waals surface area contributed by atoms with Crippen molar-refractivity contribution in [1.82, 2.24) is 14.5 Å². The fourth-order valence-electron chi connectivity index (χ4n) is 1.34. The van der Waals surface area contributed by atoms with Gasteiger partial charge in [-0.25, -0.2) is 9.97 Å². The van der Waals surface area contributed by atoms with E-state index in [2.05, 4.69) is 9.97 Å². The van der Waals surface area contributed by atoms with Gasteiger partial charge < -0.3 is 10.3 Å². The molecular weight excluding hydrogens is 196 g/mol. The highest BCUT2D eigenvalue weighted by Crippen LogP contribution is 2.25. The van der Waals surface area contributed by atoms with Crippen molar-refractivity contribution in [3.05, 3.63) is 22.3 Å². The molecule has 74 valence electrons. The topological polar surface area (TPSA) is 56.7 Å². The average molecular weight is 208 g/mol. The van der Waals surface area contributed by atoms with Crippen LogP contribution in [0.2, 0.25) is 0 Å². The largest absolute Gasteiger partial charge is 0.333 e. The Labute approximate surface area is 86.4 Å². The first-order valence-electron chi connectivity index (χ1n) is 4.36. The van der Waals surface area contributed by atoms with Gasteiger partial charge in [0, 0.05) is 30.9 Å². The molecule has 0 unspecified atom stereocenters. The van der Waals surface area contributed by atoms with Crippen LogP contribution in [0.15, 0.2) is 12.4 Å². The summed E-state index contributed by atoms with van der Waals surface area (Å²) in [5.41, 5.74) is 6.49. The van der Waals surface area contributed by atoms with E-state index in [4.69, 9.17) is 5.73 Å². The molecule has 4 nitrogen and oxygen atoms in total. The average Bonchev–Trinajstić information content (AvgIpc) is 2.72. The van der Waals surface area contributed by atoms with E-state index in [0.717, 1.165) is 16.5 Å². The fraction of sp³-hybridized carbons (Fsp3) is 0.333. The fourth-order valence-corrected chi connectivity index (χ4v) is 2.15. The van der Waals surface area contributed by atoms with Crippen LogP contribution in [0.1, 0.15) is 9.88 Å². The van der Waals surface area contributed by atoms with Crippen molar-refractivity contribution >= 4 is 11.3 Å². The van der Waals surface area contributed by atoms with Gasteiger partial charge in [-0.1, -0.05) is 0 Å². The van der Waals surface area contributed by atoms with Crippen LogP contribution in [0, 0.1) is 6.92 Å². The summed E-state index contributed by atoms with van der Waals surface area (Å²) in [5.74, 6) is 0.901. The minimum atomic E-state index is 0.496.